The second-order valence-electron chi connectivity index (χ2n) is 6.04. The molecule has 3 rings (SSSR count). The molecule has 0 radical (unpaired) electrons. The maximum Gasteiger partial charge on any atom is 0.335 e. The van der Waals surface area contributed by atoms with E-state index in [9.17, 15) is 14.4 Å². The van der Waals surface area contributed by atoms with Crippen molar-refractivity contribution in [1.82, 2.24) is 0 Å². The number of aliphatic carboxylic acids is 1. The van der Waals surface area contributed by atoms with Crippen LogP contribution < -0.4 is 4.74 Å². The highest BCUT2D eigenvalue weighted by molar-refractivity contribution is 5.87. The number of carboxylic acid groups (broad SMARTS) is 2. The van der Waals surface area contributed by atoms with E-state index < -0.39 is 11.9 Å². The van der Waals surface area contributed by atoms with Crippen LogP contribution in [0.15, 0.2) is 53.5 Å². The van der Waals surface area contributed by atoms with Crippen molar-refractivity contribution in [2.75, 3.05) is 7.11 Å². The summed E-state index contributed by atoms with van der Waals surface area (Å²) in [5.41, 5.74) is 2.29. The van der Waals surface area contributed by atoms with E-state index >= 15 is 0 Å². The molecular formula is C21H23NO6. The lowest BCUT2D eigenvalue weighted by Gasteiger charge is -1.99. The topological polar surface area (TPSA) is 113 Å². The van der Waals surface area contributed by atoms with Crippen molar-refractivity contribution in [2.24, 2.45) is 10.9 Å². The van der Waals surface area contributed by atoms with Crippen molar-refractivity contribution >= 4 is 18.0 Å². The molecule has 2 aromatic carbocycles. The third kappa shape index (κ3) is 9.31. The zero-order chi connectivity index (χ0) is 20.9. The van der Waals surface area contributed by atoms with Gasteiger partial charge in [0.05, 0.1) is 25.1 Å². The van der Waals surface area contributed by atoms with Crippen molar-refractivity contribution in [3.63, 3.8) is 0 Å². The largest absolute Gasteiger partial charge is 0.497 e. The molecule has 28 heavy (non-hydrogen) atoms. The van der Waals surface area contributed by atoms with Crippen LogP contribution in [-0.2, 0) is 16.1 Å². The fraction of sp³-hybridized carbons (Fsp3) is 0.286. The highest BCUT2D eigenvalue weighted by Gasteiger charge is 2.28. The lowest BCUT2D eigenvalue weighted by molar-refractivity contribution is -0.138. The molecule has 1 aliphatic carbocycles. The molecule has 2 N–H and O–H groups in total. The zero-order valence-electron chi connectivity index (χ0n) is 15.8. The lowest BCUT2D eigenvalue weighted by atomic mass is 10.1. The third-order valence-corrected chi connectivity index (χ3v) is 3.68. The minimum absolute atomic E-state index is 0.0185. The molecule has 0 aromatic heterocycles. The van der Waals surface area contributed by atoms with E-state index in [0.717, 1.165) is 29.7 Å². The number of isocyanates is 1. The summed E-state index contributed by atoms with van der Waals surface area (Å²) in [5, 5.41) is 16.6. The van der Waals surface area contributed by atoms with Crippen molar-refractivity contribution in [2.45, 2.75) is 26.3 Å². The predicted octanol–water partition coefficient (Wildman–Crippen LogP) is 3.71. The molecule has 0 amide bonds. The summed E-state index contributed by atoms with van der Waals surface area (Å²) in [5.74, 6) is -0.683. The summed E-state index contributed by atoms with van der Waals surface area (Å²) in [7, 11) is 1.61. The van der Waals surface area contributed by atoms with Gasteiger partial charge in [0.25, 0.3) is 0 Å². The summed E-state index contributed by atoms with van der Waals surface area (Å²) in [6, 6.07) is 14.2. The van der Waals surface area contributed by atoms with Crippen molar-refractivity contribution < 1.29 is 29.3 Å². The first kappa shape index (κ1) is 22.6. The van der Waals surface area contributed by atoms with Gasteiger partial charge in [-0.05, 0) is 49.6 Å². The van der Waals surface area contributed by atoms with Crippen molar-refractivity contribution in [3.05, 3.63) is 65.2 Å². The Bertz CT molecular complexity index is 821. The molecule has 0 unspecified atom stereocenters. The number of carbonyl (C=O) groups is 2. The Morgan fingerprint density at radius 2 is 1.79 bits per heavy atom. The molecule has 7 heteroatoms. The van der Waals surface area contributed by atoms with Crippen LogP contribution in [0.1, 0.15) is 34.3 Å². The van der Waals surface area contributed by atoms with E-state index in [-0.39, 0.29) is 5.92 Å². The second kappa shape index (κ2) is 12.0. The lowest BCUT2D eigenvalue weighted by Crippen LogP contribution is -1.95. The SMILES string of the molecule is COc1ccc(CN=C=O)cc1.Cc1cccc(C(=O)O)c1.O=C(O)C1CC1. The van der Waals surface area contributed by atoms with Crippen LogP contribution in [0.25, 0.3) is 0 Å². The highest BCUT2D eigenvalue weighted by atomic mass is 16.5. The number of aliphatic imine (C=N–C) groups is 1. The van der Waals surface area contributed by atoms with Crippen molar-refractivity contribution in [1.29, 1.82) is 0 Å². The maximum atomic E-state index is 10.4. The molecule has 0 heterocycles. The minimum Gasteiger partial charge on any atom is -0.497 e. The standard InChI is InChI=1S/C9H9NO2.C8H8O2.C4H6O2/c1-12-9-4-2-8(3-5-9)6-10-7-11;1-6-3-2-4-7(5-6)8(9)10;5-4(6)3-1-2-3/h2-5H,6H2,1H3;2-5H,1H3,(H,9,10);3H,1-2H2,(H,5,6). The normalized spacial score (nSPS) is 11.5. The molecular weight excluding hydrogens is 362 g/mol. The monoisotopic (exact) mass is 385 g/mol. The van der Waals surface area contributed by atoms with Gasteiger partial charge in [0, 0.05) is 0 Å². The Kier molecular flexibility index (Phi) is 9.72. The van der Waals surface area contributed by atoms with E-state index in [1.807, 2.05) is 37.3 Å². The fourth-order valence-corrected chi connectivity index (χ4v) is 1.96. The van der Waals surface area contributed by atoms with Crippen LogP contribution in [-0.4, -0.2) is 35.3 Å². The van der Waals surface area contributed by atoms with Crippen LogP contribution in [0.3, 0.4) is 0 Å². The number of hydrogen-bond donors (Lipinski definition) is 2. The molecule has 0 aliphatic heterocycles. The Hall–Kier alpha value is -3.44. The maximum absolute atomic E-state index is 10.4. The molecule has 0 bridgehead atoms. The Morgan fingerprint density at radius 3 is 2.14 bits per heavy atom. The van der Waals surface area contributed by atoms with Gasteiger partial charge in [-0.25, -0.2) is 14.6 Å². The van der Waals surface area contributed by atoms with Gasteiger partial charge in [-0.15, -0.1) is 0 Å². The summed E-state index contributed by atoms with van der Waals surface area (Å²) < 4.78 is 4.97. The number of ether oxygens (including phenoxy) is 1. The second-order valence-corrected chi connectivity index (χ2v) is 6.04. The van der Waals surface area contributed by atoms with Gasteiger partial charge in [0.2, 0.25) is 6.08 Å². The molecule has 7 nitrogen and oxygen atoms in total. The number of nitrogens with zero attached hydrogens (tertiary/aromatic N) is 1. The Balaban J connectivity index is 0.000000221. The molecule has 0 spiro atoms. The van der Waals surface area contributed by atoms with Crippen LogP contribution in [0, 0.1) is 12.8 Å². The molecule has 2 aromatic rings. The first-order valence-electron chi connectivity index (χ1n) is 8.56. The van der Waals surface area contributed by atoms with Gasteiger partial charge in [-0.1, -0.05) is 29.8 Å². The van der Waals surface area contributed by atoms with E-state index in [0.29, 0.717) is 12.1 Å². The average molecular weight is 385 g/mol. The first-order chi connectivity index (χ1) is 13.4. The summed E-state index contributed by atoms with van der Waals surface area (Å²) in [6.45, 7) is 2.25. The average Bonchev–Trinajstić information content (AvgIpc) is 3.53. The number of carbonyl (C=O) groups excluding carboxylic acids is 1. The first-order valence-corrected chi connectivity index (χ1v) is 8.56. The minimum atomic E-state index is -0.872. The van der Waals surface area contributed by atoms with Crippen molar-refractivity contribution in [3.8, 4) is 5.75 Å². The Morgan fingerprint density at radius 1 is 1.14 bits per heavy atom. The summed E-state index contributed by atoms with van der Waals surface area (Å²) >= 11 is 0. The van der Waals surface area contributed by atoms with Gasteiger partial charge < -0.3 is 14.9 Å². The van der Waals surface area contributed by atoms with Gasteiger partial charge in [-0.3, -0.25) is 4.79 Å². The number of aryl methyl sites for hydroxylation is 1. The molecule has 0 atom stereocenters. The fourth-order valence-electron chi connectivity index (χ4n) is 1.96. The quantitative estimate of drug-likeness (QED) is 0.599. The molecule has 1 aliphatic rings. The highest BCUT2D eigenvalue weighted by Crippen LogP contribution is 2.28. The molecule has 1 saturated carbocycles. The number of hydrogen-bond acceptors (Lipinski definition) is 5. The van der Waals surface area contributed by atoms with E-state index in [1.165, 1.54) is 6.08 Å². The van der Waals surface area contributed by atoms with E-state index in [2.05, 4.69) is 4.99 Å². The van der Waals surface area contributed by atoms with Crippen LogP contribution in [0.2, 0.25) is 0 Å². The molecule has 148 valence electrons. The van der Waals surface area contributed by atoms with Crippen LogP contribution in [0.5, 0.6) is 5.75 Å². The molecule has 0 saturated heterocycles. The zero-order valence-corrected chi connectivity index (χ0v) is 15.8. The van der Waals surface area contributed by atoms with Gasteiger partial charge in [0.15, 0.2) is 0 Å². The summed E-state index contributed by atoms with van der Waals surface area (Å²) in [4.78, 5) is 33.4. The van der Waals surface area contributed by atoms with Gasteiger partial charge in [-0.2, -0.15) is 0 Å². The summed E-state index contributed by atoms with van der Waals surface area (Å²) in [6.07, 6.45) is 3.28. The van der Waals surface area contributed by atoms with Crippen LogP contribution >= 0.6 is 0 Å². The number of methoxy groups -OCH3 is 1. The molecule has 1 fully saturated rings. The predicted molar refractivity (Wildman–Crippen MR) is 103 cm³/mol. The van der Waals surface area contributed by atoms with E-state index in [4.69, 9.17) is 14.9 Å². The third-order valence-electron chi connectivity index (χ3n) is 3.68. The van der Waals surface area contributed by atoms with Gasteiger partial charge >= 0.3 is 11.9 Å². The van der Waals surface area contributed by atoms with Gasteiger partial charge in [0.1, 0.15) is 5.75 Å². The number of rotatable bonds is 5. The smallest absolute Gasteiger partial charge is 0.335 e. The van der Waals surface area contributed by atoms with E-state index in [1.54, 1.807) is 25.3 Å². The Labute approximate surface area is 163 Å². The van der Waals surface area contributed by atoms with Crippen LogP contribution in [0.4, 0.5) is 0 Å². The number of benzene rings is 2. The number of aromatic carboxylic acids is 1. The number of carboxylic acids is 2.